The molecule has 1 N–H and O–H groups in total. The van der Waals surface area contributed by atoms with E-state index in [1.807, 2.05) is 6.07 Å². The van der Waals surface area contributed by atoms with Crippen LogP contribution in [0, 0.1) is 0 Å². The normalized spacial score (nSPS) is 10.9. The number of aromatic nitrogens is 6. The van der Waals surface area contributed by atoms with Crippen LogP contribution in [0.15, 0.2) is 55.0 Å². The first-order chi connectivity index (χ1) is 11.7. The number of hydrogen-bond acceptors (Lipinski definition) is 5. The third kappa shape index (κ3) is 2.59. The molecular formula is C15H10ClN7O. The van der Waals surface area contributed by atoms with Crippen molar-refractivity contribution in [2.24, 2.45) is 0 Å². The van der Waals surface area contributed by atoms with Gasteiger partial charge in [0.1, 0.15) is 5.82 Å². The van der Waals surface area contributed by atoms with Crippen molar-refractivity contribution in [2.75, 3.05) is 5.32 Å². The smallest absolute Gasteiger partial charge is 0.279 e. The standard InChI is InChI=1S/C15H10ClN7O/c16-10-2-1-3-11(8-10)22-9-12(20-21-22)15(24)19-14-4-6-17-13-5-7-18-23(13)14/h1-9H,(H,19,24). The van der Waals surface area contributed by atoms with Crippen LogP contribution < -0.4 is 5.32 Å². The Hall–Kier alpha value is -3.26. The van der Waals surface area contributed by atoms with Crippen molar-refractivity contribution in [1.29, 1.82) is 0 Å². The molecule has 0 spiro atoms. The van der Waals surface area contributed by atoms with Crippen LogP contribution in [0.2, 0.25) is 5.02 Å². The average Bonchev–Trinajstić information content (AvgIpc) is 3.25. The van der Waals surface area contributed by atoms with Gasteiger partial charge in [0.05, 0.1) is 18.1 Å². The molecule has 0 bridgehead atoms. The molecule has 8 nitrogen and oxygen atoms in total. The lowest BCUT2D eigenvalue weighted by atomic mass is 10.3. The number of rotatable bonds is 3. The predicted octanol–water partition coefficient (Wildman–Crippen LogP) is 2.22. The molecule has 0 aliphatic carbocycles. The highest BCUT2D eigenvalue weighted by Gasteiger charge is 2.14. The molecule has 24 heavy (non-hydrogen) atoms. The fourth-order valence-corrected chi connectivity index (χ4v) is 2.41. The maximum absolute atomic E-state index is 12.4. The van der Waals surface area contributed by atoms with Gasteiger partial charge in [0, 0.05) is 17.3 Å². The maximum atomic E-state index is 12.4. The zero-order valence-corrected chi connectivity index (χ0v) is 12.9. The number of anilines is 1. The summed E-state index contributed by atoms with van der Waals surface area (Å²) in [7, 11) is 0. The van der Waals surface area contributed by atoms with Gasteiger partial charge in [0.15, 0.2) is 11.3 Å². The molecule has 0 atom stereocenters. The molecule has 3 heterocycles. The number of amides is 1. The van der Waals surface area contributed by atoms with Crippen molar-refractivity contribution < 1.29 is 4.79 Å². The molecule has 0 saturated carbocycles. The maximum Gasteiger partial charge on any atom is 0.279 e. The van der Waals surface area contributed by atoms with Gasteiger partial charge in [0.2, 0.25) is 0 Å². The van der Waals surface area contributed by atoms with Gasteiger partial charge in [-0.3, -0.25) is 4.79 Å². The Morgan fingerprint density at radius 1 is 1.17 bits per heavy atom. The van der Waals surface area contributed by atoms with E-state index in [4.69, 9.17) is 11.6 Å². The van der Waals surface area contributed by atoms with E-state index in [1.54, 1.807) is 42.7 Å². The minimum atomic E-state index is -0.397. The van der Waals surface area contributed by atoms with Gasteiger partial charge in [-0.1, -0.05) is 22.9 Å². The monoisotopic (exact) mass is 339 g/mol. The van der Waals surface area contributed by atoms with E-state index >= 15 is 0 Å². The Balaban J connectivity index is 1.60. The second-order valence-corrected chi connectivity index (χ2v) is 5.35. The van der Waals surface area contributed by atoms with Gasteiger partial charge < -0.3 is 5.32 Å². The van der Waals surface area contributed by atoms with Gasteiger partial charge in [-0.05, 0) is 24.3 Å². The van der Waals surface area contributed by atoms with Crippen LogP contribution in [0.5, 0.6) is 0 Å². The number of carbonyl (C=O) groups excluding carboxylic acids is 1. The van der Waals surface area contributed by atoms with Gasteiger partial charge >= 0.3 is 0 Å². The van der Waals surface area contributed by atoms with Crippen LogP contribution in [0.3, 0.4) is 0 Å². The van der Waals surface area contributed by atoms with Crippen LogP contribution in [0.4, 0.5) is 5.82 Å². The van der Waals surface area contributed by atoms with Crippen LogP contribution in [0.25, 0.3) is 11.3 Å². The molecule has 3 aromatic heterocycles. The van der Waals surface area contributed by atoms with Crippen LogP contribution in [-0.2, 0) is 0 Å². The molecule has 0 saturated heterocycles. The quantitative estimate of drug-likeness (QED) is 0.618. The lowest BCUT2D eigenvalue weighted by molar-refractivity contribution is 0.102. The molecule has 4 rings (SSSR count). The van der Waals surface area contributed by atoms with Gasteiger partial charge in [-0.15, -0.1) is 5.10 Å². The summed E-state index contributed by atoms with van der Waals surface area (Å²) >= 11 is 5.96. The molecular weight excluding hydrogens is 330 g/mol. The van der Waals surface area contributed by atoms with Crippen molar-refractivity contribution in [3.63, 3.8) is 0 Å². The molecule has 1 aromatic carbocycles. The van der Waals surface area contributed by atoms with E-state index in [0.717, 1.165) is 0 Å². The van der Waals surface area contributed by atoms with Crippen molar-refractivity contribution >= 4 is 29.0 Å². The summed E-state index contributed by atoms with van der Waals surface area (Å²) in [6.07, 6.45) is 4.73. The molecule has 4 aromatic rings. The van der Waals surface area contributed by atoms with E-state index in [2.05, 4.69) is 25.7 Å². The highest BCUT2D eigenvalue weighted by molar-refractivity contribution is 6.30. The first kappa shape index (κ1) is 14.3. The Bertz CT molecular complexity index is 1040. The first-order valence-corrected chi connectivity index (χ1v) is 7.37. The summed E-state index contributed by atoms with van der Waals surface area (Å²) in [4.78, 5) is 16.5. The fraction of sp³-hybridized carbons (Fsp3) is 0. The van der Waals surface area contributed by atoms with Crippen LogP contribution >= 0.6 is 11.6 Å². The van der Waals surface area contributed by atoms with Crippen molar-refractivity contribution in [3.8, 4) is 5.69 Å². The van der Waals surface area contributed by atoms with E-state index < -0.39 is 5.91 Å². The van der Waals surface area contributed by atoms with Crippen molar-refractivity contribution in [3.05, 3.63) is 65.7 Å². The molecule has 0 unspecified atom stereocenters. The molecule has 0 aliphatic rings. The average molecular weight is 340 g/mol. The summed E-state index contributed by atoms with van der Waals surface area (Å²) in [5, 5.41) is 15.3. The third-order valence-electron chi connectivity index (χ3n) is 3.33. The van der Waals surface area contributed by atoms with E-state index in [0.29, 0.717) is 22.2 Å². The predicted molar refractivity (Wildman–Crippen MR) is 87.3 cm³/mol. The van der Waals surface area contributed by atoms with Crippen LogP contribution in [-0.4, -0.2) is 35.5 Å². The van der Waals surface area contributed by atoms with Gasteiger partial charge in [0.25, 0.3) is 5.91 Å². The summed E-state index contributed by atoms with van der Waals surface area (Å²) in [5.41, 5.74) is 1.52. The minimum Gasteiger partial charge on any atom is -0.305 e. The highest BCUT2D eigenvalue weighted by Crippen LogP contribution is 2.15. The zero-order valence-electron chi connectivity index (χ0n) is 12.2. The summed E-state index contributed by atoms with van der Waals surface area (Å²) in [5.74, 6) is 0.0959. The highest BCUT2D eigenvalue weighted by atomic mass is 35.5. The topological polar surface area (TPSA) is 90.0 Å². The summed E-state index contributed by atoms with van der Waals surface area (Å²) in [6, 6.07) is 10.5. The van der Waals surface area contributed by atoms with E-state index in [9.17, 15) is 4.79 Å². The van der Waals surface area contributed by atoms with Crippen molar-refractivity contribution in [1.82, 2.24) is 29.6 Å². The Kier molecular flexibility index (Phi) is 3.43. The second-order valence-electron chi connectivity index (χ2n) is 4.91. The number of fused-ring (bicyclic) bond motifs is 1. The Morgan fingerprint density at radius 3 is 2.96 bits per heavy atom. The number of nitrogens with one attached hydrogen (secondary N) is 1. The number of hydrogen-bond donors (Lipinski definition) is 1. The lowest BCUT2D eigenvalue weighted by Crippen LogP contribution is -2.15. The zero-order chi connectivity index (χ0) is 16.5. The van der Waals surface area contributed by atoms with Gasteiger partial charge in [-0.25, -0.2) is 9.67 Å². The van der Waals surface area contributed by atoms with Crippen molar-refractivity contribution in [2.45, 2.75) is 0 Å². The lowest BCUT2D eigenvalue weighted by Gasteiger charge is -2.04. The fourth-order valence-electron chi connectivity index (χ4n) is 2.22. The molecule has 0 aliphatic heterocycles. The molecule has 9 heteroatoms. The number of carbonyl (C=O) groups is 1. The molecule has 0 fully saturated rings. The van der Waals surface area contributed by atoms with E-state index in [1.165, 1.54) is 15.4 Å². The Morgan fingerprint density at radius 2 is 2.08 bits per heavy atom. The minimum absolute atomic E-state index is 0.173. The van der Waals surface area contributed by atoms with Gasteiger partial charge in [-0.2, -0.15) is 9.61 Å². The SMILES string of the molecule is O=C(Nc1ccnc2ccnn12)c1cn(-c2cccc(Cl)c2)nn1. The number of benzene rings is 1. The summed E-state index contributed by atoms with van der Waals surface area (Å²) < 4.78 is 3.01. The number of nitrogens with zero attached hydrogens (tertiary/aromatic N) is 6. The third-order valence-corrected chi connectivity index (χ3v) is 3.57. The number of halogens is 1. The molecule has 118 valence electrons. The molecule has 0 radical (unpaired) electrons. The first-order valence-electron chi connectivity index (χ1n) is 6.99. The van der Waals surface area contributed by atoms with Crippen LogP contribution in [0.1, 0.15) is 10.5 Å². The van der Waals surface area contributed by atoms with E-state index in [-0.39, 0.29) is 5.69 Å². The largest absolute Gasteiger partial charge is 0.305 e. The Labute approximate surface area is 140 Å². The molecule has 1 amide bonds. The second kappa shape index (κ2) is 5.74. The summed E-state index contributed by atoms with van der Waals surface area (Å²) in [6.45, 7) is 0.